The minimum absolute atomic E-state index is 0.0276. The molecule has 2 bridgehead atoms. The molecule has 2 aromatic carbocycles. The highest BCUT2D eigenvalue weighted by Crippen LogP contribution is 2.49. The van der Waals surface area contributed by atoms with Gasteiger partial charge in [0.2, 0.25) is 5.91 Å². The molecule has 190 valence electrons. The Morgan fingerprint density at radius 2 is 1.84 bits per heavy atom. The van der Waals surface area contributed by atoms with Gasteiger partial charge in [0, 0.05) is 23.1 Å². The van der Waals surface area contributed by atoms with Gasteiger partial charge >= 0.3 is 0 Å². The Labute approximate surface area is 215 Å². The molecule has 0 radical (unpaired) electrons. The number of carbonyl (C=O) groups excluding carboxylic acids is 1. The number of rotatable bonds is 6. The van der Waals surface area contributed by atoms with E-state index < -0.39 is 17.2 Å². The monoisotopic (exact) mass is 521 g/mol. The fourth-order valence-corrected chi connectivity index (χ4v) is 6.85. The molecule has 4 unspecified atom stereocenters. The smallest absolute Gasteiger partial charge is 0.300 e. The predicted molar refractivity (Wildman–Crippen MR) is 137 cm³/mol. The highest BCUT2D eigenvalue weighted by Gasteiger charge is 2.46. The van der Waals surface area contributed by atoms with Gasteiger partial charge in [0.05, 0.1) is 11.3 Å². The van der Waals surface area contributed by atoms with E-state index >= 15 is 0 Å². The van der Waals surface area contributed by atoms with Gasteiger partial charge in [-0.15, -0.1) is 0 Å². The van der Waals surface area contributed by atoms with Crippen molar-refractivity contribution in [1.82, 2.24) is 24.9 Å². The predicted octanol–water partition coefficient (Wildman–Crippen LogP) is 4.62. The Hall–Kier alpha value is -3.40. The summed E-state index contributed by atoms with van der Waals surface area (Å²) in [7, 11) is 0. The number of carbonyl (C=O) groups is 1. The van der Waals surface area contributed by atoms with Crippen LogP contribution in [0.3, 0.4) is 0 Å². The normalized spacial score (nSPS) is 22.7. The number of aromatic nitrogens is 4. The molecule has 2 aromatic heterocycles. The third kappa shape index (κ3) is 4.37. The number of amides is 1. The number of nitrogens with zero attached hydrogens (tertiary/aromatic N) is 4. The summed E-state index contributed by atoms with van der Waals surface area (Å²) in [5.74, 6) is 0.847. The van der Waals surface area contributed by atoms with Crippen LogP contribution in [0, 0.1) is 29.4 Å². The van der Waals surface area contributed by atoms with Crippen molar-refractivity contribution in [3.05, 3.63) is 64.5 Å². The third-order valence-electron chi connectivity index (χ3n) is 7.75. The zero-order valence-electron chi connectivity index (χ0n) is 20.2. The minimum Gasteiger partial charge on any atom is -0.352 e. The molecular weight excluding hydrogens is 496 g/mol. The molecule has 4 atom stereocenters. The molecule has 0 aliphatic heterocycles. The first kappa shape index (κ1) is 24.0. The van der Waals surface area contributed by atoms with Crippen LogP contribution in [0.15, 0.2) is 52.4 Å². The Morgan fingerprint density at radius 1 is 1.08 bits per heavy atom. The van der Waals surface area contributed by atoms with Gasteiger partial charge in [-0.2, -0.15) is 14.6 Å². The van der Waals surface area contributed by atoms with E-state index in [-0.39, 0.29) is 29.0 Å². The molecule has 6 rings (SSSR count). The van der Waals surface area contributed by atoms with E-state index in [0.717, 1.165) is 24.6 Å². The Kier molecular flexibility index (Phi) is 6.14. The Morgan fingerprint density at radius 3 is 2.62 bits per heavy atom. The van der Waals surface area contributed by atoms with Crippen LogP contribution < -0.4 is 10.9 Å². The zero-order chi connectivity index (χ0) is 25.7. The highest BCUT2D eigenvalue weighted by atomic mass is 32.2. The molecular formula is C27H25F2N5O2S. The highest BCUT2D eigenvalue weighted by molar-refractivity contribution is 7.99. The average molecular weight is 522 g/mol. The quantitative estimate of drug-likeness (QED) is 0.226. The fraction of sp³-hybridized carbons (Fsp3) is 0.370. The first-order valence-electron chi connectivity index (χ1n) is 12.5. The molecule has 2 heterocycles. The van der Waals surface area contributed by atoms with Gasteiger partial charge in [0.1, 0.15) is 11.6 Å². The van der Waals surface area contributed by atoms with Crippen molar-refractivity contribution >= 4 is 34.2 Å². The van der Waals surface area contributed by atoms with Crippen LogP contribution in [0.5, 0.6) is 0 Å². The molecule has 1 N–H and O–H groups in total. The van der Waals surface area contributed by atoms with Crippen molar-refractivity contribution in [3.63, 3.8) is 0 Å². The zero-order valence-corrected chi connectivity index (χ0v) is 21.0. The molecule has 2 saturated carbocycles. The van der Waals surface area contributed by atoms with Crippen LogP contribution in [-0.4, -0.2) is 37.3 Å². The summed E-state index contributed by atoms with van der Waals surface area (Å²) in [5.41, 5.74) is 0.357. The number of hydrogen-bond donors (Lipinski definition) is 1. The lowest BCUT2D eigenvalue weighted by Crippen LogP contribution is -2.44. The second-order valence-electron chi connectivity index (χ2n) is 9.85. The van der Waals surface area contributed by atoms with Gasteiger partial charge in [-0.1, -0.05) is 25.1 Å². The van der Waals surface area contributed by atoms with Gasteiger partial charge in [0.25, 0.3) is 5.56 Å². The van der Waals surface area contributed by atoms with Crippen LogP contribution >= 0.6 is 11.8 Å². The van der Waals surface area contributed by atoms with E-state index in [1.165, 1.54) is 59.8 Å². The number of thioether (sulfide) groups is 1. The van der Waals surface area contributed by atoms with Gasteiger partial charge < -0.3 is 5.32 Å². The van der Waals surface area contributed by atoms with Crippen LogP contribution in [-0.2, 0) is 4.79 Å². The number of fused-ring (bicyclic) bond motifs is 5. The largest absolute Gasteiger partial charge is 0.352 e. The third-order valence-corrected chi connectivity index (χ3v) is 8.68. The van der Waals surface area contributed by atoms with Crippen molar-refractivity contribution in [2.24, 2.45) is 17.8 Å². The van der Waals surface area contributed by atoms with E-state index in [9.17, 15) is 18.4 Å². The van der Waals surface area contributed by atoms with Crippen molar-refractivity contribution in [2.45, 2.75) is 43.8 Å². The molecule has 10 heteroatoms. The van der Waals surface area contributed by atoms with Crippen LogP contribution in [0.1, 0.15) is 32.6 Å². The lowest BCUT2D eigenvalue weighted by Gasteiger charge is -2.31. The maximum Gasteiger partial charge on any atom is 0.300 e. The van der Waals surface area contributed by atoms with Gasteiger partial charge in [-0.05, 0) is 73.4 Å². The lowest BCUT2D eigenvalue weighted by atomic mass is 9.83. The Balaban J connectivity index is 1.35. The van der Waals surface area contributed by atoms with E-state index in [1.54, 1.807) is 0 Å². The van der Waals surface area contributed by atoms with Crippen molar-refractivity contribution in [1.29, 1.82) is 0 Å². The summed E-state index contributed by atoms with van der Waals surface area (Å²) in [6.07, 6.45) is 4.66. The summed E-state index contributed by atoms with van der Waals surface area (Å²) in [5, 5.41) is 8.51. The van der Waals surface area contributed by atoms with Crippen molar-refractivity contribution in [3.8, 4) is 11.3 Å². The standard InChI is InChI=1S/C27H25F2N5O2S/c1-2-19-15-3-4-16(11-15)23(19)31-22(35)13-37-27-30-21-12-18(29)9-10-20(21)25-32-26(36)24(33-34(25)27)14-5-7-17(28)8-6-14/h5-10,12,15-16,19,23H,2-4,11,13H2,1H3,(H,31,35). The Bertz CT molecular complexity index is 1580. The van der Waals surface area contributed by atoms with E-state index in [2.05, 4.69) is 27.3 Å². The fourth-order valence-electron chi connectivity index (χ4n) is 6.09. The molecule has 4 aromatic rings. The van der Waals surface area contributed by atoms with E-state index in [0.29, 0.717) is 39.4 Å². The van der Waals surface area contributed by atoms with Gasteiger partial charge in [-0.25, -0.2) is 13.8 Å². The maximum atomic E-state index is 14.0. The lowest BCUT2D eigenvalue weighted by molar-refractivity contribution is -0.120. The van der Waals surface area contributed by atoms with Crippen LogP contribution in [0.25, 0.3) is 27.8 Å². The molecule has 2 fully saturated rings. The first-order chi connectivity index (χ1) is 17.9. The van der Waals surface area contributed by atoms with E-state index in [1.807, 2.05) is 0 Å². The topological polar surface area (TPSA) is 89.2 Å². The van der Waals surface area contributed by atoms with E-state index in [4.69, 9.17) is 0 Å². The maximum absolute atomic E-state index is 14.0. The molecule has 1 amide bonds. The van der Waals surface area contributed by atoms with Crippen LogP contribution in [0.2, 0.25) is 0 Å². The molecule has 2 aliphatic carbocycles. The van der Waals surface area contributed by atoms with Gasteiger partial charge in [0.15, 0.2) is 16.5 Å². The average Bonchev–Trinajstić information content (AvgIpc) is 3.49. The minimum atomic E-state index is -0.598. The second-order valence-corrected chi connectivity index (χ2v) is 10.8. The summed E-state index contributed by atoms with van der Waals surface area (Å²) < 4.78 is 28.9. The van der Waals surface area contributed by atoms with Crippen molar-refractivity contribution < 1.29 is 13.6 Å². The first-order valence-corrected chi connectivity index (χ1v) is 13.5. The summed E-state index contributed by atoms with van der Waals surface area (Å²) in [6.45, 7) is 2.18. The number of halogens is 2. The second kappa shape index (κ2) is 9.48. The number of nitrogens with one attached hydrogen (secondary N) is 1. The molecule has 0 saturated heterocycles. The molecule has 2 aliphatic rings. The summed E-state index contributed by atoms with van der Waals surface area (Å²) in [6, 6.07) is 9.63. The van der Waals surface area contributed by atoms with Crippen molar-refractivity contribution in [2.75, 3.05) is 5.75 Å². The summed E-state index contributed by atoms with van der Waals surface area (Å²) in [4.78, 5) is 34.6. The molecule has 0 spiro atoms. The van der Waals surface area contributed by atoms with Crippen LogP contribution in [0.4, 0.5) is 8.78 Å². The molecule has 37 heavy (non-hydrogen) atoms. The summed E-state index contributed by atoms with van der Waals surface area (Å²) >= 11 is 1.16. The SMILES string of the molecule is CCC1C2CCC(C2)C1NC(=O)CSc1nc2cc(F)ccc2c2nc(=O)c(-c3ccc(F)cc3)nn12. The molecule has 7 nitrogen and oxygen atoms in total. The van der Waals surface area contributed by atoms with Gasteiger partial charge in [-0.3, -0.25) is 9.59 Å². The number of hydrogen-bond acceptors (Lipinski definition) is 6. The number of benzene rings is 2.